The molecule has 0 radical (unpaired) electrons. The minimum Gasteiger partial charge on any atom is -0.385 e. The molecule has 170 valence electrons. The van der Waals surface area contributed by atoms with Crippen LogP contribution < -0.4 is 21.7 Å². The van der Waals surface area contributed by atoms with Gasteiger partial charge in [-0.25, -0.2) is 9.50 Å². The van der Waals surface area contributed by atoms with Gasteiger partial charge in [0, 0.05) is 56.5 Å². The smallest absolute Gasteiger partial charge is 0.276 e. The Morgan fingerprint density at radius 2 is 2.03 bits per heavy atom. The van der Waals surface area contributed by atoms with Crippen molar-refractivity contribution in [2.45, 2.75) is 44.2 Å². The molecule has 4 rings (SSSR count). The highest BCUT2D eigenvalue weighted by atomic mass is 16.5. The van der Waals surface area contributed by atoms with Crippen LogP contribution in [0, 0.1) is 0 Å². The molecule has 0 saturated heterocycles. The zero-order chi connectivity index (χ0) is 22.3. The van der Waals surface area contributed by atoms with Gasteiger partial charge in [0.15, 0.2) is 11.3 Å². The third-order valence-corrected chi connectivity index (χ3v) is 5.60. The second-order valence-corrected chi connectivity index (χ2v) is 8.04. The topological polar surface area (TPSA) is 131 Å². The maximum absolute atomic E-state index is 12.9. The first-order valence-corrected chi connectivity index (χ1v) is 11.0. The Kier molecular flexibility index (Phi) is 7.13. The van der Waals surface area contributed by atoms with Gasteiger partial charge in [-0.15, -0.1) is 5.10 Å². The van der Waals surface area contributed by atoms with Gasteiger partial charge < -0.3 is 26.4 Å². The molecule has 1 fully saturated rings. The zero-order valence-electron chi connectivity index (χ0n) is 18.3. The summed E-state index contributed by atoms with van der Waals surface area (Å²) >= 11 is 0. The van der Waals surface area contributed by atoms with Crippen LogP contribution in [0.5, 0.6) is 0 Å². The van der Waals surface area contributed by atoms with Gasteiger partial charge in [-0.1, -0.05) is 0 Å². The average molecular weight is 439 g/mol. The lowest BCUT2D eigenvalue weighted by Crippen LogP contribution is -2.33. The van der Waals surface area contributed by atoms with Crippen LogP contribution in [0.1, 0.15) is 42.6 Å². The Bertz CT molecular complexity index is 1030. The molecular weight excluding hydrogens is 408 g/mol. The highest BCUT2D eigenvalue weighted by molar-refractivity contribution is 6.03. The van der Waals surface area contributed by atoms with E-state index >= 15 is 0 Å². The van der Waals surface area contributed by atoms with Gasteiger partial charge in [-0.05, 0) is 44.2 Å². The van der Waals surface area contributed by atoms with Crippen LogP contribution in [-0.2, 0) is 4.74 Å². The molecule has 3 heterocycles. The van der Waals surface area contributed by atoms with E-state index in [-0.39, 0.29) is 11.9 Å². The SMILES string of the molecule is COCCCNc1cc(NC2CCC(N)CC2)nn2c(C(=O)Nc3ccncc3)cnc12. The van der Waals surface area contributed by atoms with E-state index in [1.165, 1.54) is 0 Å². The van der Waals surface area contributed by atoms with Gasteiger partial charge >= 0.3 is 0 Å². The molecule has 5 N–H and O–H groups in total. The van der Waals surface area contributed by atoms with Crippen LogP contribution in [0.4, 0.5) is 17.2 Å². The summed E-state index contributed by atoms with van der Waals surface area (Å²) < 4.78 is 6.73. The highest BCUT2D eigenvalue weighted by Gasteiger charge is 2.21. The third kappa shape index (κ3) is 5.32. The van der Waals surface area contributed by atoms with Gasteiger partial charge in [0.2, 0.25) is 0 Å². The van der Waals surface area contributed by atoms with Crippen molar-refractivity contribution in [1.29, 1.82) is 0 Å². The summed E-state index contributed by atoms with van der Waals surface area (Å²) in [6, 6.07) is 6.00. The molecule has 0 aromatic carbocycles. The van der Waals surface area contributed by atoms with Crippen LogP contribution in [0.3, 0.4) is 0 Å². The van der Waals surface area contributed by atoms with Gasteiger partial charge in [0.1, 0.15) is 5.82 Å². The van der Waals surface area contributed by atoms with Crippen molar-refractivity contribution < 1.29 is 9.53 Å². The van der Waals surface area contributed by atoms with Crippen molar-refractivity contribution in [2.24, 2.45) is 5.73 Å². The summed E-state index contributed by atoms with van der Waals surface area (Å²) in [6.07, 6.45) is 9.63. The van der Waals surface area contributed by atoms with E-state index < -0.39 is 0 Å². The van der Waals surface area contributed by atoms with Crippen LogP contribution in [0.2, 0.25) is 0 Å². The predicted octanol–water partition coefficient (Wildman–Crippen LogP) is 2.51. The van der Waals surface area contributed by atoms with Gasteiger partial charge in [0.05, 0.1) is 11.9 Å². The molecule has 0 spiro atoms. The molecular formula is C22H30N8O2. The largest absolute Gasteiger partial charge is 0.385 e. The number of hydrogen-bond donors (Lipinski definition) is 4. The second-order valence-electron chi connectivity index (χ2n) is 8.04. The van der Waals surface area contributed by atoms with Gasteiger partial charge in [-0.3, -0.25) is 9.78 Å². The summed E-state index contributed by atoms with van der Waals surface area (Å²) in [6.45, 7) is 1.38. The monoisotopic (exact) mass is 438 g/mol. The number of carbonyl (C=O) groups excluding carboxylic acids is 1. The van der Waals surface area contributed by atoms with Crippen LogP contribution >= 0.6 is 0 Å². The molecule has 0 unspecified atom stereocenters. The first-order valence-electron chi connectivity index (χ1n) is 11.0. The molecule has 1 saturated carbocycles. The Labute approximate surface area is 187 Å². The normalized spacial score (nSPS) is 18.4. The number of pyridine rings is 1. The summed E-state index contributed by atoms with van der Waals surface area (Å²) in [7, 11) is 1.69. The molecule has 10 nitrogen and oxygen atoms in total. The number of carbonyl (C=O) groups is 1. The van der Waals surface area contributed by atoms with E-state index in [2.05, 4.69) is 31.0 Å². The number of fused-ring (bicyclic) bond motifs is 1. The fourth-order valence-corrected chi connectivity index (χ4v) is 3.87. The van der Waals surface area contributed by atoms with E-state index in [1.54, 1.807) is 42.3 Å². The minimum absolute atomic E-state index is 0.277. The molecule has 1 aliphatic rings. The molecule has 3 aromatic rings. The number of rotatable bonds is 9. The lowest BCUT2D eigenvalue weighted by Gasteiger charge is -2.27. The first-order chi connectivity index (χ1) is 15.6. The molecule has 10 heteroatoms. The Balaban J connectivity index is 1.60. The van der Waals surface area contributed by atoms with Crippen molar-refractivity contribution in [1.82, 2.24) is 19.6 Å². The lowest BCUT2D eigenvalue weighted by atomic mass is 9.92. The molecule has 0 atom stereocenters. The molecule has 1 aliphatic carbocycles. The van der Waals surface area contributed by atoms with Crippen molar-refractivity contribution in [2.75, 3.05) is 36.2 Å². The average Bonchev–Trinajstić information content (AvgIpc) is 3.23. The fourth-order valence-electron chi connectivity index (χ4n) is 3.87. The van der Waals surface area contributed by atoms with Gasteiger partial charge in [0.25, 0.3) is 5.91 Å². The number of nitrogens with two attached hydrogens (primary N) is 1. The number of methoxy groups -OCH3 is 1. The van der Waals surface area contributed by atoms with E-state index in [1.807, 2.05) is 6.07 Å². The lowest BCUT2D eigenvalue weighted by molar-refractivity contribution is 0.102. The molecule has 0 aliphatic heterocycles. The third-order valence-electron chi connectivity index (χ3n) is 5.60. The quantitative estimate of drug-likeness (QED) is 0.375. The van der Waals surface area contributed by atoms with Crippen LogP contribution in [-0.4, -0.2) is 57.8 Å². The Hall–Kier alpha value is -3.24. The number of nitrogens with zero attached hydrogens (tertiary/aromatic N) is 4. The first kappa shape index (κ1) is 22.0. The number of amides is 1. The maximum atomic E-state index is 12.9. The van der Waals surface area contributed by atoms with E-state index in [0.717, 1.165) is 44.3 Å². The maximum Gasteiger partial charge on any atom is 0.276 e. The Morgan fingerprint density at radius 1 is 1.25 bits per heavy atom. The van der Waals surface area contributed by atoms with Crippen LogP contribution in [0.25, 0.3) is 5.65 Å². The molecule has 3 aromatic heterocycles. The number of aromatic nitrogens is 4. The number of anilines is 3. The summed E-state index contributed by atoms with van der Waals surface area (Å²) in [5.74, 6) is 0.408. The van der Waals surface area contributed by atoms with E-state index in [0.29, 0.717) is 35.5 Å². The molecule has 0 bridgehead atoms. The number of nitrogens with one attached hydrogen (secondary N) is 3. The van der Waals surface area contributed by atoms with Crippen molar-refractivity contribution in [3.05, 3.63) is 42.5 Å². The molecule has 32 heavy (non-hydrogen) atoms. The van der Waals surface area contributed by atoms with Gasteiger partial charge in [-0.2, -0.15) is 0 Å². The zero-order valence-corrected chi connectivity index (χ0v) is 18.3. The summed E-state index contributed by atoms with van der Waals surface area (Å²) in [4.78, 5) is 21.4. The van der Waals surface area contributed by atoms with Crippen molar-refractivity contribution in [3.63, 3.8) is 0 Å². The van der Waals surface area contributed by atoms with Crippen molar-refractivity contribution in [3.8, 4) is 0 Å². The predicted molar refractivity (Wildman–Crippen MR) is 124 cm³/mol. The summed E-state index contributed by atoms with van der Waals surface area (Å²) in [5, 5.41) is 14.5. The number of ether oxygens (including phenoxy) is 1. The molecule has 1 amide bonds. The standard InChI is InChI=1S/C22H30N8O2/c1-32-12-2-9-25-18-13-20(27-16-5-3-15(23)4-6-16)29-30-19(14-26-21(18)30)22(31)28-17-7-10-24-11-8-17/h7-8,10-11,13-16,25H,2-6,9,12,23H2,1H3,(H,27,29)(H,24,28,31). The Morgan fingerprint density at radius 3 is 2.78 bits per heavy atom. The summed E-state index contributed by atoms with van der Waals surface area (Å²) in [5.41, 5.74) is 8.47. The highest BCUT2D eigenvalue weighted by Crippen LogP contribution is 2.25. The second kappa shape index (κ2) is 10.4. The number of hydrogen-bond acceptors (Lipinski definition) is 8. The van der Waals surface area contributed by atoms with Crippen LogP contribution in [0.15, 0.2) is 36.8 Å². The van der Waals surface area contributed by atoms with E-state index in [4.69, 9.17) is 10.5 Å². The van der Waals surface area contributed by atoms with E-state index in [9.17, 15) is 4.79 Å². The number of imidazole rings is 1. The fraction of sp³-hybridized carbons (Fsp3) is 0.455. The minimum atomic E-state index is -0.290. The van der Waals surface area contributed by atoms with Crippen molar-refractivity contribution >= 4 is 28.7 Å².